The van der Waals surface area contributed by atoms with Crippen LogP contribution in [0, 0.1) is 0 Å². The smallest absolute Gasteiger partial charge is 0.286 e. The number of hydrogen-bond acceptors (Lipinski definition) is 6. The zero-order valence-electron chi connectivity index (χ0n) is 16.3. The van der Waals surface area contributed by atoms with Gasteiger partial charge in [0.05, 0.1) is 12.8 Å². The van der Waals surface area contributed by atoms with Gasteiger partial charge in [0.1, 0.15) is 13.2 Å². The van der Waals surface area contributed by atoms with E-state index in [1.54, 1.807) is 28.4 Å². The summed E-state index contributed by atoms with van der Waals surface area (Å²) in [6.45, 7) is 1.88. The van der Waals surface area contributed by atoms with Crippen LogP contribution in [0.1, 0.15) is 28.3 Å². The Morgan fingerprint density at radius 1 is 1.07 bits per heavy atom. The van der Waals surface area contributed by atoms with Gasteiger partial charge in [0.15, 0.2) is 17.3 Å². The molecule has 1 aliphatic rings. The van der Waals surface area contributed by atoms with Gasteiger partial charge in [-0.15, -0.1) is 11.3 Å². The van der Waals surface area contributed by atoms with Crippen LogP contribution in [0.4, 0.5) is 5.69 Å². The average molecular weight is 426 g/mol. The Labute approximate surface area is 178 Å². The van der Waals surface area contributed by atoms with Crippen LogP contribution < -0.4 is 19.7 Å². The minimum atomic E-state index is -0.283. The van der Waals surface area contributed by atoms with Crippen LogP contribution in [0.25, 0.3) is 0 Å². The van der Waals surface area contributed by atoms with Crippen LogP contribution in [0.3, 0.4) is 0 Å². The van der Waals surface area contributed by atoms with E-state index in [0.29, 0.717) is 50.6 Å². The number of hydrogen-bond donors (Lipinski definition) is 1. The van der Waals surface area contributed by atoms with E-state index in [4.69, 9.17) is 13.9 Å². The molecule has 7 nitrogen and oxygen atoms in total. The second kappa shape index (κ2) is 9.49. The molecule has 3 heterocycles. The maximum absolute atomic E-state index is 13.0. The Morgan fingerprint density at radius 3 is 2.70 bits per heavy atom. The molecule has 30 heavy (non-hydrogen) atoms. The molecule has 0 unspecified atom stereocenters. The van der Waals surface area contributed by atoms with Crippen molar-refractivity contribution in [2.45, 2.75) is 19.4 Å². The Morgan fingerprint density at radius 2 is 1.93 bits per heavy atom. The highest BCUT2D eigenvalue weighted by molar-refractivity contribution is 7.09. The van der Waals surface area contributed by atoms with Gasteiger partial charge in [-0.1, -0.05) is 6.07 Å². The van der Waals surface area contributed by atoms with Crippen molar-refractivity contribution in [3.8, 4) is 11.5 Å². The van der Waals surface area contributed by atoms with Gasteiger partial charge in [-0.2, -0.15) is 0 Å². The monoisotopic (exact) mass is 426 g/mol. The minimum Gasteiger partial charge on any atom is -0.486 e. The molecule has 0 atom stereocenters. The Bertz CT molecular complexity index is 985. The highest BCUT2D eigenvalue weighted by atomic mass is 32.1. The second-order valence-electron chi connectivity index (χ2n) is 6.72. The van der Waals surface area contributed by atoms with Crippen molar-refractivity contribution in [1.82, 2.24) is 5.32 Å². The van der Waals surface area contributed by atoms with E-state index in [2.05, 4.69) is 5.32 Å². The molecule has 3 aromatic rings. The molecular formula is C22H22N2O5S. The predicted octanol–water partition coefficient (Wildman–Crippen LogP) is 3.86. The first kappa shape index (κ1) is 20.0. The van der Waals surface area contributed by atoms with Gasteiger partial charge in [0, 0.05) is 29.6 Å². The molecular weight excluding hydrogens is 404 g/mol. The summed E-state index contributed by atoms with van der Waals surface area (Å²) in [7, 11) is 0. The summed E-state index contributed by atoms with van der Waals surface area (Å²) in [5.74, 6) is 1.29. The minimum absolute atomic E-state index is 0.0210. The normalized spacial score (nSPS) is 12.4. The molecule has 2 aromatic heterocycles. The van der Waals surface area contributed by atoms with Gasteiger partial charge < -0.3 is 24.1 Å². The first-order valence-electron chi connectivity index (χ1n) is 9.75. The molecule has 0 fully saturated rings. The molecule has 8 heteroatoms. The van der Waals surface area contributed by atoms with Gasteiger partial charge in [0.2, 0.25) is 5.91 Å². The molecule has 0 saturated carbocycles. The maximum Gasteiger partial charge on any atom is 0.286 e. The SMILES string of the molecule is O=C(NCCCC(=O)N(Cc1cccs1)c1ccc2c(c1)OCCO2)c1ccco1. The second-order valence-corrected chi connectivity index (χ2v) is 7.76. The lowest BCUT2D eigenvalue weighted by Gasteiger charge is -2.25. The fraction of sp³-hybridized carbons (Fsp3) is 0.273. The van der Waals surface area contributed by atoms with Crippen LogP contribution in [-0.2, 0) is 11.3 Å². The number of benzene rings is 1. The fourth-order valence-corrected chi connectivity index (χ4v) is 3.85. The third-order valence-electron chi connectivity index (χ3n) is 4.63. The molecule has 0 radical (unpaired) electrons. The number of ether oxygens (including phenoxy) is 2. The Balaban J connectivity index is 1.40. The summed E-state index contributed by atoms with van der Waals surface area (Å²) in [4.78, 5) is 27.8. The van der Waals surface area contributed by atoms with Crippen molar-refractivity contribution in [3.05, 3.63) is 64.7 Å². The van der Waals surface area contributed by atoms with Crippen LogP contribution >= 0.6 is 11.3 Å². The lowest BCUT2D eigenvalue weighted by Crippen LogP contribution is -2.31. The predicted molar refractivity (Wildman–Crippen MR) is 113 cm³/mol. The van der Waals surface area contributed by atoms with E-state index >= 15 is 0 Å². The molecule has 0 spiro atoms. The van der Waals surface area contributed by atoms with E-state index in [-0.39, 0.29) is 17.6 Å². The summed E-state index contributed by atoms with van der Waals surface area (Å²) in [5.41, 5.74) is 0.761. The Hall–Kier alpha value is -3.26. The summed E-state index contributed by atoms with van der Waals surface area (Å²) in [6.07, 6.45) is 2.28. The van der Waals surface area contributed by atoms with Crippen LogP contribution in [-0.4, -0.2) is 31.6 Å². The van der Waals surface area contributed by atoms with Crippen molar-refractivity contribution in [2.75, 3.05) is 24.7 Å². The number of fused-ring (bicyclic) bond motifs is 1. The summed E-state index contributed by atoms with van der Waals surface area (Å²) in [5, 5.41) is 4.76. The topological polar surface area (TPSA) is 81.0 Å². The summed E-state index contributed by atoms with van der Waals surface area (Å²) < 4.78 is 16.3. The van der Waals surface area contributed by atoms with Crippen molar-refractivity contribution in [1.29, 1.82) is 0 Å². The summed E-state index contributed by atoms with van der Waals surface area (Å²) in [6, 6.07) is 12.8. The third-order valence-corrected chi connectivity index (χ3v) is 5.49. The fourth-order valence-electron chi connectivity index (χ4n) is 3.15. The zero-order valence-corrected chi connectivity index (χ0v) is 17.2. The van der Waals surface area contributed by atoms with Crippen molar-refractivity contribution >= 4 is 28.8 Å². The molecule has 0 saturated heterocycles. The van der Waals surface area contributed by atoms with Crippen LogP contribution in [0.5, 0.6) is 11.5 Å². The number of rotatable bonds is 8. The van der Waals surface area contributed by atoms with Crippen LogP contribution in [0.2, 0.25) is 0 Å². The number of thiophene rings is 1. The highest BCUT2D eigenvalue weighted by Crippen LogP contribution is 2.35. The average Bonchev–Trinajstić information content (AvgIpc) is 3.49. The molecule has 1 aliphatic heterocycles. The number of furan rings is 1. The molecule has 1 aromatic carbocycles. The zero-order chi connectivity index (χ0) is 20.8. The van der Waals surface area contributed by atoms with E-state index in [9.17, 15) is 9.59 Å². The molecule has 2 amide bonds. The highest BCUT2D eigenvalue weighted by Gasteiger charge is 2.20. The van der Waals surface area contributed by atoms with E-state index in [1.807, 2.05) is 35.7 Å². The molecule has 0 bridgehead atoms. The quantitative estimate of drug-likeness (QED) is 0.553. The lowest BCUT2D eigenvalue weighted by atomic mass is 10.2. The largest absolute Gasteiger partial charge is 0.486 e. The first-order chi connectivity index (χ1) is 14.7. The third kappa shape index (κ3) is 4.83. The number of carbonyl (C=O) groups excluding carboxylic acids is 2. The van der Waals surface area contributed by atoms with Gasteiger partial charge in [-0.3, -0.25) is 9.59 Å². The van der Waals surface area contributed by atoms with Gasteiger partial charge in [-0.05, 0) is 42.1 Å². The van der Waals surface area contributed by atoms with E-state index in [0.717, 1.165) is 10.6 Å². The number of nitrogens with one attached hydrogen (secondary N) is 1. The Kier molecular flexibility index (Phi) is 6.34. The van der Waals surface area contributed by atoms with Crippen molar-refractivity contribution in [2.24, 2.45) is 0 Å². The van der Waals surface area contributed by atoms with Crippen LogP contribution in [0.15, 0.2) is 58.5 Å². The lowest BCUT2D eigenvalue weighted by molar-refractivity contribution is -0.118. The van der Waals surface area contributed by atoms with Gasteiger partial charge in [-0.25, -0.2) is 0 Å². The van der Waals surface area contributed by atoms with Gasteiger partial charge >= 0.3 is 0 Å². The molecule has 156 valence electrons. The van der Waals surface area contributed by atoms with Crippen molar-refractivity contribution < 1.29 is 23.5 Å². The summed E-state index contributed by atoms with van der Waals surface area (Å²) >= 11 is 1.61. The first-order valence-corrected chi connectivity index (χ1v) is 10.6. The molecule has 4 rings (SSSR count). The van der Waals surface area contributed by atoms with Gasteiger partial charge in [0.25, 0.3) is 5.91 Å². The number of carbonyl (C=O) groups is 2. The number of anilines is 1. The molecule has 1 N–H and O–H groups in total. The standard InChI is InChI=1S/C22H22N2O5S/c25-21(6-1-9-23-22(26)19-5-2-10-27-19)24(15-17-4-3-13-30-17)16-7-8-18-20(14-16)29-12-11-28-18/h2-5,7-8,10,13-14H,1,6,9,11-12,15H2,(H,23,26). The number of nitrogens with zero attached hydrogens (tertiary/aromatic N) is 1. The molecule has 0 aliphatic carbocycles. The maximum atomic E-state index is 13.0. The van der Waals surface area contributed by atoms with Crippen molar-refractivity contribution in [3.63, 3.8) is 0 Å². The van der Waals surface area contributed by atoms with E-state index < -0.39 is 0 Å². The van der Waals surface area contributed by atoms with E-state index in [1.165, 1.54) is 6.26 Å². The number of amides is 2.